The highest BCUT2D eigenvalue weighted by molar-refractivity contribution is 7.47. The number of hydrogen-bond donors (Lipinski definition) is 1. The van der Waals surface area contributed by atoms with Crippen LogP contribution in [0, 0.1) is 0 Å². The molecule has 0 aliphatic carbocycles. The van der Waals surface area contributed by atoms with E-state index in [1.165, 1.54) is 77.0 Å². The molecule has 0 heterocycles. The Morgan fingerprint density at radius 2 is 1.09 bits per heavy atom. The van der Waals surface area contributed by atoms with Crippen molar-refractivity contribution in [2.24, 2.45) is 0 Å². The first kappa shape index (κ1) is 45.8. The molecule has 0 aliphatic rings. The Kier molecular flexibility index (Phi) is 30.0. The second-order valence-corrected chi connectivity index (χ2v) is 15.4. The first-order valence-electron chi connectivity index (χ1n) is 18.9. The zero-order valence-electron chi connectivity index (χ0n) is 31.0. The van der Waals surface area contributed by atoms with Crippen LogP contribution in [0.2, 0.25) is 0 Å². The van der Waals surface area contributed by atoms with E-state index in [0.29, 0.717) is 17.4 Å². The second-order valence-electron chi connectivity index (χ2n) is 14.0. The zero-order chi connectivity index (χ0) is 35.1. The summed E-state index contributed by atoms with van der Waals surface area (Å²) in [6.07, 6.45) is 28.3. The minimum Gasteiger partial charge on any atom is -0.462 e. The molecule has 0 aromatic carbocycles. The number of carbonyl (C=O) groups is 2. The molecule has 0 radical (unpaired) electrons. The third kappa shape index (κ3) is 34.4. The van der Waals surface area contributed by atoms with Gasteiger partial charge in [0.05, 0.1) is 27.7 Å². The molecule has 0 aromatic rings. The van der Waals surface area contributed by atoms with Gasteiger partial charge in [-0.25, -0.2) is 4.57 Å². The van der Waals surface area contributed by atoms with Gasteiger partial charge >= 0.3 is 19.8 Å². The van der Waals surface area contributed by atoms with Gasteiger partial charge in [-0.3, -0.25) is 18.6 Å². The molecule has 0 saturated carbocycles. The van der Waals surface area contributed by atoms with Gasteiger partial charge < -0.3 is 18.9 Å². The number of nitrogens with zero attached hydrogens (tertiary/aromatic N) is 1. The van der Waals surface area contributed by atoms with Gasteiger partial charge in [-0.05, 0) is 38.5 Å². The molecule has 0 aromatic heterocycles. The summed E-state index contributed by atoms with van der Waals surface area (Å²) >= 11 is 0. The largest absolute Gasteiger partial charge is 0.472 e. The lowest BCUT2D eigenvalue weighted by atomic mass is 10.1. The summed E-state index contributed by atoms with van der Waals surface area (Å²) < 4.78 is 34.1. The van der Waals surface area contributed by atoms with Gasteiger partial charge in [0.1, 0.15) is 19.8 Å². The summed E-state index contributed by atoms with van der Waals surface area (Å²) in [5, 5.41) is 0. The fourth-order valence-corrected chi connectivity index (χ4v) is 5.75. The predicted octanol–water partition coefficient (Wildman–Crippen LogP) is 9.85. The van der Waals surface area contributed by atoms with Gasteiger partial charge in [0, 0.05) is 12.8 Å². The van der Waals surface area contributed by atoms with Crippen molar-refractivity contribution in [2.45, 2.75) is 168 Å². The molecular formula is C37H73NO8P+. The van der Waals surface area contributed by atoms with E-state index in [9.17, 15) is 19.0 Å². The Labute approximate surface area is 288 Å². The second kappa shape index (κ2) is 30.8. The zero-order valence-corrected chi connectivity index (χ0v) is 31.9. The maximum absolute atomic E-state index is 12.5. The third-order valence-electron chi connectivity index (χ3n) is 8.05. The number of unbranched alkanes of at least 4 members (excludes halogenated alkanes) is 18. The highest BCUT2D eigenvalue weighted by Crippen LogP contribution is 2.43. The summed E-state index contributed by atoms with van der Waals surface area (Å²) in [5.74, 6) is -0.809. The lowest BCUT2D eigenvalue weighted by Crippen LogP contribution is -2.37. The summed E-state index contributed by atoms with van der Waals surface area (Å²) in [7, 11) is 1.48. The average Bonchev–Trinajstić information content (AvgIpc) is 3.01. The fraction of sp³-hybridized carbons (Fsp3) is 0.892. The van der Waals surface area contributed by atoms with Gasteiger partial charge in [-0.15, -0.1) is 0 Å². The number of phosphoric ester groups is 1. The van der Waals surface area contributed by atoms with E-state index in [1.807, 2.05) is 21.1 Å². The van der Waals surface area contributed by atoms with Crippen molar-refractivity contribution >= 4 is 19.8 Å². The quantitative estimate of drug-likeness (QED) is 0.0234. The molecule has 0 fully saturated rings. The summed E-state index contributed by atoms with van der Waals surface area (Å²) in [6, 6.07) is 0. The van der Waals surface area contributed by atoms with Crippen LogP contribution in [0.3, 0.4) is 0 Å². The van der Waals surface area contributed by atoms with Gasteiger partial charge in [0.2, 0.25) is 0 Å². The minimum absolute atomic E-state index is 0.0330. The standard InChI is InChI=1S/C37H72NO8P/c1-6-8-10-12-14-16-17-18-19-20-22-23-25-27-29-36(39)43-33-35(34-45-47(41,42)44-32-31-38(3,4)5)46-37(40)30-28-26-24-21-15-13-11-9-7-2/h17-18,35H,6-16,19-34H2,1-5H3/p+1/b18-17+/t35-/m0/s1. The molecule has 1 N–H and O–H groups in total. The van der Waals surface area contributed by atoms with E-state index < -0.39 is 26.5 Å². The van der Waals surface area contributed by atoms with Crippen LogP contribution in [0.4, 0.5) is 0 Å². The van der Waals surface area contributed by atoms with Crippen LogP contribution < -0.4 is 0 Å². The Balaban J connectivity index is 4.42. The molecule has 278 valence electrons. The molecule has 2 atom stereocenters. The lowest BCUT2D eigenvalue weighted by molar-refractivity contribution is -0.870. The van der Waals surface area contributed by atoms with Gasteiger partial charge in [-0.2, -0.15) is 0 Å². The minimum atomic E-state index is -4.36. The highest BCUT2D eigenvalue weighted by Gasteiger charge is 2.27. The molecule has 0 aliphatic heterocycles. The van der Waals surface area contributed by atoms with Crippen LogP contribution in [-0.4, -0.2) is 74.9 Å². The van der Waals surface area contributed by atoms with Crippen LogP contribution in [0.25, 0.3) is 0 Å². The maximum Gasteiger partial charge on any atom is 0.472 e. The predicted molar refractivity (Wildman–Crippen MR) is 192 cm³/mol. The van der Waals surface area contributed by atoms with Crippen molar-refractivity contribution in [3.8, 4) is 0 Å². The normalized spacial score (nSPS) is 13.9. The van der Waals surface area contributed by atoms with Crippen LogP contribution in [-0.2, 0) is 32.7 Å². The summed E-state index contributed by atoms with van der Waals surface area (Å²) in [6.45, 7) is 4.37. The number of ether oxygens (including phenoxy) is 2. The van der Waals surface area contributed by atoms with Crippen molar-refractivity contribution < 1.29 is 42.1 Å². The third-order valence-corrected chi connectivity index (χ3v) is 9.03. The van der Waals surface area contributed by atoms with Gasteiger partial charge in [-0.1, -0.05) is 122 Å². The Morgan fingerprint density at radius 3 is 1.57 bits per heavy atom. The molecule has 1 unspecified atom stereocenters. The number of allylic oxidation sites excluding steroid dienone is 2. The molecule has 47 heavy (non-hydrogen) atoms. The average molecular weight is 691 g/mol. The molecular weight excluding hydrogens is 617 g/mol. The topological polar surface area (TPSA) is 108 Å². The number of quaternary nitrogens is 1. The van der Waals surface area contributed by atoms with Crippen molar-refractivity contribution in [2.75, 3.05) is 47.5 Å². The Bertz CT molecular complexity index is 830. The van der Waals surface area contributed by atoms with Crippen LogP contribution in [0.15, 0.2) is 12.2 Å². The Morgan fingerprint density at radius 1 is 0.638 bits per heavy atom. The number of hydrogen-bond acceptors (Lipinski definition) is 7. The number of phosphoric acid groups is 1. The van der Waals surface area contributed by atoms with Crippen LogP contribution in [0.5, 0.6) is 0 Å². The van der Waals surface area contributed by atoms with E-state index in [4.69, 9.17) is 18.5 Å². The van der Waals surface area contributed by atoms with Crippen molar-refractivity contribution in [3.05, 3.63) is 12.2 Å². The van der Waals surface area contributed by atoms with Gasteiger partial charge in [0.15, 0.2) is 6.10 Å². The smallest absolute Gasteiger partial charge is 0.462 e. The number of rotatable bonds is 34. The number of likely N-dealkylation sites (N-methyl/N-ethyl adjacent to an activating group) is 1. The van der Waals surface area contributed by atoms with Gasteiger partial charge in [0.25, 0.3) is 0 Å². The molecule has 0 saturated heterocycles. The summed E-state index contributed by atoms with van der Waals surface area (Å²) in [5.41, 5.74) is 0. The molecule has 9 nitrogen and oxygen atoms in total. The molecule has 10 heteroatoms. The van der Waals surface area contributed by atoms with E-state index in [-0.39, 0.29) is 32.0 Å². The Hall–Kier alpha value is -1.25. The first-order chi connectivity index (χ1) is 22.5. The molecule has 0 spiro atoms. The highest BCUT2D eigenvalue weighted by atomic mass is 31.2. The number of esters is 2. The first-order valence-corrected chi connectivity index (χ1v) is 20.4. The van der Waals surface area contributed by atoms with E-state index in [0.717, 1.165) is 51.4 Å². The van der Waals surface area contributed by atoms with E-state index in [1.54, 1.807) is 0 Å². The summed E-state index contributed by atoms with van der Waals surface area (Å²) in [4.78, 5) is 35.1. The SMILES string of the molecule is CCCCCCC/C=C/CCCCCCCC(=O)OC[C@@H](COP(=O)(O)OCC[N+](C)(C)C)OC(=O)CCCCCCCCCCC. The molecule has 0 bridgehead atoms. The lowest BCUT2D eigenvalue weighted by Gasteiger charge is -2.24. The van der Waals surface area contributed by atoms with E-state index >= 15 is 0 Å². The van der Waals surface area contributed by atoms with Crippen LogP contribution in [0.1, 0.15) is 162 Å². The van der Waals surface area contributed by atoms with Crippen molar-refractivity contribution in [1.82, 2.24) is 0 Å². The monoisotopic (exact) mass is 691 g/mol. The van der Waals surface area contributed by atoms with Crippen molar-refractivity contribution in [1.29, 1.82) is 0 Å². The number of carbonyl (C=O) groups excluding carboxylic acids is 2. The molecule has 0 rings (SSSR count). The fourth-order valence-electron chi connectivity index (χ4n) is 5.01. The maximum atomic E-state index is 12.5. The molecule has 0 amide bonds. The van der Waals surface area contributed by atoms with Crippen LogP contribution >= 0.6 is 7.82 Å². The van der Waals surface area contributed by atoms with Crippen molar-refractivity contribution in [3.63, 3.8) is 0 Å². The van der Waals surface area contributed by atoms with E-state index in [2.05, 4.69) is 26.0 Å².